The normalized spacial score (nSPS) is 13.3. The molecule has 0 aromatic heterocycles. The van der Waals surface area contributed by atoms with Gasteiger partial charge in [0.1, 0.15) is 0 Å². The van der Waals surface area contributed by atoms with E-state index in [0.29, 0.717) is 0 Å². The van der Waals surface area contributed by atoms with Crippen LogP contribution in [-0.4, -0.2) is 10.7 Å². The van der Waals surface area contributed by atoms with Crippen molar-refractivity contribution in [3.63, 3.8) is 0 Å². The molecule has 0 aliphatic heterocycles. The molecular weight excluding hydrogens is 148 g/mol. The molecule has 0 saturated heterocycles. The molecule has 0 saturated carbocycles. The van der Waals surface area contributed by atoms with E-state index in [1.165, 1.54) is 0 Å². The minimum absolute atomic E-state index is 0.599. The fourth-order valence-electron chi connectivity index (χ4n) is 0.935. The Morgan fingerprint density at radius 3 is 2.08 bits per heavy atom. The molecule has 0 aliphatic rings. The van der Waals surface area contributed by atoms with Gasteiger partial charge in [-0.05, 0) is 19.3 Å². The number of hydrogen-bond acceptors (Lipinski definition) is 1. The first-order chi connectivity index (χ1) is 5.68. The Bertz CT molecular complexity index is 152. The number of allylic oxidation sites excluding steroid dienone is 3. The Labute approximate surface area is 75.8 Å². The quantitative estimate of drug-likeness (QED) is 0.625. The van der Waals surface area contributed by atoms with Gasteiger partial charge in [-0.25, -0.2) is 0 Å². The summed E-state index contributed by atoms with van der Waals surface area (Å²) in [6, 6.07) is 0. The van der Waals surface area contributed by atoms with Gasteiger partial charge in [-0.15, -0.1) is 0 Å². The summed E-state index contributed by atoms with van der Waals surface area (Å²) in [7, 11) is 0. The average Bonchev–Trinajstić information content (AvgIpc) is 2.12. The van der Waals surface area contributed by atoms with Crippen LogP contribution in [-0.2, 0) is 0 Å². The number of rotatable bonds is 5. The Morgan fingerprint density at radius 2 is 1.67 bits per heavy atom. The highest BCUT2D eigenvalue weighted by molar-refractivity contribution is 5.09. The molecule has 0 heterocycles. The smallest absolute Gasteiger partial charge is 0.0825 e. The van der Waals surface area contributed by atoms with E-state index >= 15 is 0 Å². The van der Waals surface area contributed by atoms with Crippen LogP contribution in [0.4, 0.5) is 0 Å². The first kappa shape index (κ1) is 11.4. The third-order valence-electron chi connectivity index (χ3n) is 2.11. The Balaban J connectivity index is 4.01. The lowest BCUT2D eigenvalue weighted by Crippen LogP contribution is -2.22. The molecule has 0 aliphatic carbocycles. The predicted molar refractivity (Wildman–Crippen MR) is 54.1 cm³/mol. The summed E-state index contributed by atoms with van der Waals surface area (Å²) in [5.74, 6) is 0. The fourth-order valence-corrected chi connectivity index (χ4v) is 0.935. The topological polar surface area (TPSA) is 20.2 Å². The highest BCUT2D eigenvalue weighted by atomic mass is 16.3. The zero-order valence-electron chi connectivity index (χ0n) is 8.38. The molecule has 0 bridgehead atoms. The molecule has 0 fully saturated rings. The first-order valence-corrected chi connectivity index (χ1v) is 4.75. The Morgan fingerprint density at radius 1 is 1.08 bits per heavy atom. The summed E-state index contributed by atoms with van der Waals surface area (Å²) in [6.45, 7) is 6.09. The summed E-state index contributed by atoms with van der Waals surface area (Å²) in [6.07, 6.45) is 10.5. The first-order valence-electron chi connectivity index (χ1n) is 4.75. The van der Waals surface area contributed by atoms with Crippen LogP contribution < -0.4 is 0 Å². The molecular formula is C11H20O. The molecule has 0 aromatic carbocycles. The van der Waals surface area contributed by atoms with Crippen LogP contribution in [0.3, 0.4) is 0 Å². The predicted octanol–water partition coefficient (Wildman–Crippen LogP) is 3.06. The lowest BCUT2D eigenvalue weighted by atomic mass is 9.97. The Hall–Kier alpha value is -0.560. The second-order valence-electron chi connectivity index (χ2n) is 3.01. The van der Waals surface area contributed by atoms with Gasteiger partial charge < -0.3 is 5.11 Å². The van der Waals surface area contributed by atoms with Gasteiger partial charge in [0.2, 0.25) is 0 Å². The van der Waals surface area contributed by atoms with Crippen LogP contribution in [0, 0.1) is 0 Å². The summed E-state index contributed by atoms with van der Waals surface area (Å²) in [4.78, 5) is 0. The van der Waals surface area contributed by atoms with E-state index in [2.05, 4.69) is 13.0 Å². The summed E-state index contributed by atoms with van der Waals surface area (Å²) >= 11 is 0. The molecule has 70 valence electrons. The highest BCUT2D eigenvalue weighted by Gasteiger charge is 2.16. The summed E-state index contributed by atoms with van der Waals surface area (Å²) in [5, 5.41) is 9.81. The maximum atomic E-state index is 9.81. The largest absolute Gasteiger partial charge is 0.386 e. The standard InChI is InChI=1S/C11H20O/c1-4-7-8-9-10-11(12,5-2)6-3/h7-10,12H,4-6H2,1-3H3/b8-7+,10-9+. The number of aliphatic hydroxyl groups is 1. The molecule has 0 aromatic rings. The van der Waals surface area contributed by atoms with Gasteiger partial charge in [0.25, 0.3) is 0 Å². The van der Waals surface area contributed by atoms with Crippen LogP contribution in [0.1, 0.15) is 40.0 Å². The molecule has 0 spiro atoms. The SMILES string of the molecule is CC/C=C/C=C/C(O)(CC)CC. The maximum absolute atomic E-state index is 9.81. The number of hydrogen-bond donors (Lipinski definition) is 1. The van der Waals surface area contributed by atoms with Gasteiger partial charge in [0, 0.05) is 0 Å². The van der Waals surface area contributed by atoms with E-state index in [4.69, 9.17) is 0 Å². The summed E-state index contributed by atoms with van der Waals surface area (Å²) in [5.41, 5.74) is -0.599. The van der Waals surface area contributed by atoms with Crippen molar-refractivity contribution in [2.75, 3.05) is 0 Å². The van der Waals surface area contributed by atoms with E-state index < -0.39 is 5.60 Å². The molecule has 0 amide bonds. The van der Waals surface area contributed by atoms with Gasteiger partial charge in [-0.3, -0.25) is 0 Å². The lowest BCUT2D eigenvalue weighted by Gasteiger charge is -2.19. The fraction of sp³-hybridized carbons (Fsp3) is 0.636. The third-order valence-corrected chi connectivity index (χ3v) is 2.11. The monoisotopic (exact) mass is 168 g/mol. The molecule has 0 atom stereocenters. The Kier molecular flexibility index (Phi) is 5.73. The van der Waals surface area contributed by atoms with Crippen molar-refractivity contribution in [1.82, 2.24) is 0 Å². The zero-order chi connectivity index (χ0) is 9.45. The molecule has 0 rings (SSSR count). The molecule has 0 unspecified atom stereocenters. The van der Waals surface area contributed by atoms with Gasteiger partial charge in [-0.2, -0.15) is 0 Å². The third kappa shape index (κ3) is 4.35. The molecule has 1 heteroatoms. The van der Waals surface area contributed by atoms with Crippen molar-refractivity contribution in [1.29, 1.82) is 0 Å². The minimum atomic E-state index is -0.599. The van der Waals surface area contributed by atoms with Gasteiger partial charge >= 0.3 is 0 Å². The second kappa shape index (κ2) is 6.01. The van der Waals surface area contributed by atoms with Crippen LogP contribution in [0.5, 0.6) is 0 Å². The summed E-state index contributed by atoms with van der Waals surface area (Å²) < 4.78 is 0. The minimum Gasteiger partial charge on any atom is -0.386 e. The second-order valence-corrected chi connectivity index (χ2v) is 3.01. The average molecular weight is 168 g/mol. The van der Waals surface area contributed by atoms with E-state index in [9.17, 15) is 5.11 Å². The van der Waals surface area contributed by atoms with Crippen molar-refractivity contribution in [2.24, 2.45) is 0 Å². The van der Waals surface area contributed by atoms with E-state index in [0.717, 1.165) is 19.3 Å². The van der Waals surface area contributed by atoms with Crippen LogP contribution in [0.25, 0.3) is 0 Å². The van der Waals surface area contributed by atoms with Crippen molar-refractivity contribution >= 4 is 0 Å². The molecule has 0 radical (unpaired) electrons. The van der Waals surface area contributed by atoms with E-state index in [-0.39, 0.29) is 0 Å². The van der Waals surface area contributed by atoms with Crippen LogP contribution >= 0.6 is 0 Å². The maximum Gasteiger partial charge on any atom is 0.0825 e. The molecule has 1 N–H and O–H groups in total. The van der Waals surface area contributed by atoms with E-state index in [1.807, 2.05) is 32.1 Å². The van der Waals surface area contributed by atoms with Crippen molar-refractivity contribution in [2.45, 2.75) is 45.6 Å². The van der Waals surface area contributed by atoms with Gasteiger partial charge in [0.15, 0.2) is 0 Å². The van der Waals surface area contributed by atoms with Crippen LogP contribution in [0.15, 0.2) is 24.3 Å². The zero-order valence-corrected chi connectivity index (χ0v) is 8.38. The van der Waals surface area contributed by atoms with Gasteiger partial charge in [-0.1, -0.05) is 45.1 Å². The lowest BCUT2D eigenvalue weighted by molar-refractivity contribution is 0.0828. The van der Waals surface area contributed by atoms with E-state index in [1.54, 1.807) is 0 Å². The van der Waals surface area contributed by atoms with Crippen molar-refractivity contribution in [3.8, 4) is 0 Å². The van der Waals surface area contributed by atoms with Crippen LogP contribution in [0.2, 0.25) is 0 Å². The van der Waals surface area contributed by atoms with Gasteiger partial charge in [0.05, 0.1) is 5.60 Å². The highest BCUT2D eigenvalue weighted by Crippen LogP contribution is 2.15. The molecule has 1 nitrogen and oxygen atoms in total. The van der Waals surface area contributed by atoms with Crippen molar-refractivity contribution in [3.05, 3.63) is 24.3 Å². The van der Waals surface area contributed by atoms with Crippen molar-refractivity contribution < 1.29 is 5.11 Å². The molecule has 12 heavy (non-hydrogen) atoms.